The molecule has 0 spiro atoms. The summed E-state index contributed by atoms with van der Waals surface area (Å²) in [6, 6.07) is 2.81. The van der Waals surface area contributed by atoms with Crippen LogP contribution in [0.25, 0.3) is 0 Å². The first-order valence-electron chi connectivity index (χ1n) is 7.12. The predicted octanol–water partition coefficient (Wildman–Crippen LogP) is 3.95. The van der Waals surface area contributed by atoms with Crippen molar-refractivity contribution in [1.82, 2.24) is 10.3 Å². The van der Waals surface area contributed by atoms with E-state index < -0.39 is 0 Å². The molecule has 1 aliphatic carbocycles. The zero-order valence-electron chi connectivity index (χ0n) is 11.2. The van der Waals surface area contributed by atoms with Crippen molar-refractivity contribution in [1.29, 1.82) is 0 Å². The molecule has 0 aliphatic heterocycles. The Balaban J connectivity index is 2.00. The highest BCUT2D eigenvalue weighted by Gasteiger charge is 2.23. The number of pyridine rings is 1. The first-order chi connectivity index (χ1) is 8.79. The molecular formula is C15H23BrN2. The highest BCUT2D eigenvalue weighted by atomic mass is 79.9. The second-order valence-corrected chi connectivity index (χ2v) is 6.19. The van der Waals surface area contributed by atoms with Gasteiger partial charge in [-0.25, -0.2) is 0 Å². The van der Waals surface area contributed by atoms with Crippen LogP contribution in [-0.4, -0.2) is 17.6 Å². The average Bonchev–Trinajstić information content (AvgIpc) is 2.39. The van der Waals surface area contributed by atoms with Gasteiger partial charge in [-0.3, -0.25) is 4.98 Å². The fraction of sp³-hybridized carbons (Fsp3) is 0.667. The Labute approximate surface area is 119 Å². The summed E-state index contributed by atoms with van der Waals surface area (Å²) in [5, 5.41) is 3.68. The third-order valence-electron chi connectivity index (χ3n) is 3.90. The maximum absolute atomic E-state index is 4.27. The van der Waals surface area contributed by atoms with Gasteiger partial charge in [-0.1, -0.05) is 26.2 Å². The summed E-state index contributed by atoms with van der Waals surface area (Å²) in [5.74, 6) is 0.845. The Morgan fingerprint density at radius 3 is 2.78 bits per heavy atom. The van der Waals surface area contributed by atoms with Crippen LogP contribution in [-0.2, 0) is 6.42 Å². The van der Waals surface area contributed by atoms with E-state index in [-0.39, 0.29) is 0 Å². The summed E-state index contributed by atoms with van der Waals surface area (Å²) in [6.45, 7) is 3.26. The summed E-state index contributed by atoms with van der Waals surface area (Å²) in [6.07, 6.45) is 12.0. The van der Waals surface area contributed by atoms with Crippen molar-refractivity contribution in [2.75, 3.05) is 6.54 Å². The van der Waals surface area contributed by atoms with Crippen LogP contribution in [0.15, 0.2) is 22.9 Å². The Morgan fingerprint density at radius 1 is 1.33 bits per heavy atom. The lowest BCUT2D eigenvalue weighted by molar-refractivity contribution is 0.269. The third kappa shape index (κ3) is 4.06. The van der Waals surface area contributed by atoms with Gasteiger partial charge in [0.05, 0.1) is 0 Å². The molecule has 2 rings (SSSR count). The summed E-state index contributed by atoms with van der Waals surface area (Å²) in [5.41, 5.74) is 1.33. The molecule has 0 saturated heterocycles. The van der Waals surface area contributed by atoms with Crippen LogP contribution in [0, 0.1) is 5.92 Å². The molecule has 18 heavy (non-hydrogen) atoms. The molecule has 1 aromatic heterocycles. The minimum atomic E-state index is 0.617. The SMILES string of the molecule is CCNC(Cc1cncc(Br)c1)C1CCCCC1. The van der Waals surface area contributed by atoms with Crippen molar-refractivity contribution >= 4 is 15.9 Å². The smallest absolute Gasteiger partial charge is 0.0410 e. The van der Waals surface area contributed by atoms with Gasteiger partial charge in [0.25, 0.3) is 0 Å². The number of halogens is 1. The molecular weight excluding hydrogens is 288 g/mol. The highest BCUT2D eigenvalue weighted by Crippen LogP contribution is 2.28. The Kier molecular flexibility index (Phi) is 5.64. The molecule has 1 N–H and O–H groups in total. The Hall–Kier alpha value is -0.410. The van der Waals surface area contributed by atoms with Gasteiger partial charge < -0.3 is 5.32 Å². The highest BCUT2D eigenvalue weighted by molar-refractivity contribution is 9.10. The van der Waals surface area contributed by atoms with Gasteiger partial charge in [0.2, 0.25) is 0 Å². The van der Waals surface area contributed by atoms with Gasteiger partial charge >= 0.3 is 0 Å². The van der Waals surface area contributed by atoms with E-state index in [2.05, 4.69) is 39.2 Å². The molecule has 0 amide bonds. The molecule has 2 nitrogen and oxygen atoms in total. The van der Waals surface area contributed by atoms with E-state index in [1.807, 2.05) is 12.4 Å². The monoisotopic (exact) mass is 310 g/mol. The van der Waals surface area contributed by atoms with Gasteiger partial charge in [0.15, 0.2) is 0 Å². The molecule has 1 aromatic rings. The minimum Gasteiger partial charge on any atom is -0.314 e. The Bertz CT molecular complexity index is 361. The normalized spacial score (nSPS) is 18.8. The lowest BCUT2D eigenvalue weighted by Crippen LogP contribution is -2.39. The van der Waals surface area contributed by atoms with Crippen LogP contribution < -0.4 is 5.32 Å². The van der Waals surface area contributed by atoms with Gasteiger partial charge in [0, 0.05) is 22.9 Å². The lowest BCUT2D eigenvalue weighted by Gasteiger charge is -2.31. The second kappa shape index (κ2) is 7.25. The predicted molar refractivity (Wildman–Crippen MR) is 79.7 cm³/mol. The number of hydrogen-bond donors (Lipinski definition) is 1. The van der Waals surface area contributed by atoms with Crippen LogP contribution in [0.3, 0.4) is 0 Å². The van der Waals surface area contributed by atoms with Crippen LogP contribution in [0.5, 0.6) is 0 Å². The molecule has 0 bridgehead atoms. The zero-order valence-corrected chi connectivity index (χ0v) is 12.7. The summed E-state index contributed by atoms with van der Waals surface area (Å²) in [7, 11) is 0. The number of rotatable bonds is 5. The summed E-state index contributed by atoms with van der Waals surface area (Å²) in [4.78, 5) is 4.27. The fourth-order valence-electron chi connectivity index (χ4n) is 3.03. The van der Waals surface area contributed by atoms with Gasteiger partial charge in [-0.15, -0.1) is 0 Å². The zero-order chi connectivity index (χ0) is 12.8. The molecule has 100 valence electrons. The number of likely N-dealkylation sites (N-methyl/N-ethyl adjacent to an activating group) is 1. The first-order valence-corrected chi connectivity index (χ1v) is 7.91. The van der Waals surface area contributed by atoms with Crippen LogP contribution in [0.1, 0.15) is 44.6 Å². The Morgan fingerprint density at radius 2 is 2.11 bits per heavy atom. The molecule has 1 saturated carbocycles. The van der Waals surface area contributed by atoms with E-state index in [0.717, 1.165) is 23.4 Å². The first kappa shape index (κ1) is 14.0. The second-order valence-electron chi connectivity index (χ2n) is 5.28. The molecule has 1 fully saturated rings. The van der Waals surface area contributed by atoms with Crippen molar-refractivity contribution in [2.45, 2.75) is 51.5 Å². The van der Waals surface area contributed by atoms with Gasteiger partial charge in [0.1, 0.15) is 0 Å². The fourth-order valence-corrected chi connectivity index (χ4v) is 3.44. The van der Waals surface area contributed by atoms with E-state index in [4.69, 9.17) is 0 Å². The minimum absolute atomic E-state index is 0.617. The number of nitrogens with zero attached hydrogens (tertiary/aromatic N) is 1. The van der Waals surface area contributed by atoms with Crippen molar-refractivity contribution in [3.05, 3.63) is 28.5 Å². The third-order valence-corrected chi connectivity index (χ3v) is 4.34. The molecule has 0 radical (unpaired) electrons. The number of hydrogen-bond acceptors (Lipinski definition) is 2. The van der Waals surface area contributed by atoms with Crippen molar-refractivity contribution < 1.29 is 0 Å². The van der Waals surface area contributed by atoms with Gasteiger partial charge in [-0.05, 0) is 59.3 Å². The van der Waals surface area contributed by atoms with E-state index in [0.29, 0.717) is 6.04 Å². The molecule has 1 heterocycles. The summed E-state index contributed by atoms with van der Waals surface area (Å²) >= 11 is 3.50. The topological polar surface area (TPSA) is 24.9 Å². The largest absolute Gasteiger partial charge is 0.314 e. The molecule has 1 atom stereocenters. The van der Waals surface area contributed by atoms with Gasteiger partial charge in [-0.2, -0.15) is 0 Å². The van der Waals surface area contributed by atoms with Crippen molar-refractivity contribution in [2.24, 2.45) is 5.92 Å². The standard InChI is InChI=1S/C15H23BrN2/c1-2-18-15(13-6-4-3-5-7-13)9-12-8-14(16)11-17-10-12/h8,10-11,13,15,18H,2-7,9H2,1H3. The molecule has 0 aromatic carbocycles. The average molecular weight is 311 g/mol. The van der Waals surface area contributed by atoms with Crippen LogP contribution >= 0.6 is 15.9 Å². The van der Waals surface area contributed by atoms with Crippen molar-refractivity contribution in [3.63, 3.8) is 0 Å². The van der Waals surface area contributed by atoms with E-state index >= 15 is 0 Å². The van der Waals surface area contributed by atoms with E-state index in [1.165, 1.54) is 37.7 Å². The van der Waals surface area contributed by atoms with Crippen molar-refractivity contribution in [3.8, 4) is 0 Å². The summed E-state index contributed by atoms with van der Waals surface area (Å²) < 4.78 is 1.08. The van der Waals surface area contributed by atoms with Crippen LogP contribution in [0.2, 0.25) is 0 Å². The maximum Gasteiger partial charge on any atom is 0.0410 e. The number of aromatic nitrogens is 1. The lowest BCUT2D eigenvalue weighted by atomic mass is 9.81. The maximum atomic E-state index is 4.27. The molecule has 1 unspecified atom stereocenters. The van der Waals surface area contributed by atoms with Crippen LogP contribution in [0.4, 0.5) is 0 Å². The molecule has 1 aliphatic rings. The quantitative estimate of drug-likeness (QED) is 0.891. The number of nitrogens with one attached hydrogen (secondary N) is 1. The van der Waals surface area contributed by atoms with E-state index in [1.54, 1.807) is 0 Å². The molecule has 3 heteroatoms. The van der Waals surface area contributed by atoms with E-state index in [9.17, 15) is 0 Å².